The van der Waals surface area contributed by atoms with Gasteiger partial charge in [-0.15, -0.1) is 0 Å². The summed E-state index contributed by atoms with van der Waals surface area (Å²) in [7, 11) is 1.44. The molecule has 0 spiro atoms. The van der Waals surface area contributed by atoms with Crippen molar-refractivity contribution in [2.45, 2.75) is 39.5 Å². The molecule has 0 saturated heterocycles. The lowest BCUT2D eigenvalue weighted by Gasteiger charge is -2.22. The molecule has 7 nitrogen and oxygen atoms in total. The molecule has 1 unspecified atom stereocenters. The number of hydrogen-bond donors (Lipinski definition) is 2. The lowest BCUT2D eigenvalue weighted by molar-refractivity contribution is -0.138. The van der Waals surface area contributed by atoms with E-state index in [0.29, 0.717) is 33.6 Å². The third-order valence-corrected chi connectivity index (χ3v) is 6.26. The van der Waals surface area contributed by atoms with Gasteiger partial charge in [-0.1, -0.05) is 18.2 Å². The number of para-hydroxylation sites is 1. The van der Waals surface area contributed by atoms with Gasteiger partial charge in [0.15, 0.2) is 0 Å². The van der Waals surface area contributed by atoms with Gasteiger partial charge in [0.25, 0.3) is 11.5 Å². The fraction of sp³-hybridized carbons (Fsp3) is 0.269. The van der Waals surface area contributed by atoms with Crippen molar-refractivity contribution in [2.24, 2.45) is 0 Å². The highest BCUT2D eigenvalue weighted by molar-refractivity contribution is 6.08. The quantitative estimate of drug-likeness (QED) is 0.396. The molecule has 1 aromatic carbocycles. The van der Waals surface area contributed by atoms with E-state index >= 15 is 0 Å². The van der Waals surface area contributed by atoms with Gasteiger partial charge < -0.3 is 19.6 Å². The van der Waals surface area contributed by atoms with Crippen molar-refractivity contribution >= 4 is 16.8 Å². The lowest BCUT2D eigenvalue weighted by atomic mass is 10.0. The smallest absolute Gasteiger partial charge is 0.418 e. The average molecular weight is 499 g/mol. The van der Waals surface area contributed by atoms with Crippen molar-refractivity contribution in [2.75, 3.05) is 7.11 Å². The Morgan fingerprint density at radius 1 is 1.22 bits per heavy atom. The number of rotatable bonds is 6. The molecule has 4 rings (SSSR count). The van der Waals surface area contributed by atoms with Crippen LogP contribution in [0.2, 0.25) is 0 Å². The molecule has 0 radical (unpaired) electrons. The van der Waals surface area contributed by atoms with Gasteiger partial charge >= 0.3 is 6.18 Å². The van der Waals surface area contributed by atoms with Crippen LogP contribution >= 0.6 is 0 Å². The number of carbonyl (C=O) groups is 1. The zero-order valence-corrected chi connectivity index (χ0v) is 20.2. The maximum Gasteiger partial charge on any atom is 0.418 e. The van der Waals surface area contributed by atoms with Crippen molar-refractivity contribution in [3.63, 3.8) is 0 Å². The van der Waals surface area contributed by atoms with Gasteiger partial charge in [0.05, 0.1) is 36.4 Å². The molecule has 0 aliphatic rings. The van der Waals surface area contributed by atoms with Crippen molar-refractivity contribution in [1.29, 1.82) is 0 Å². The molecule has 36 heavy (non-hydrogen) atoms. The largest absolute Gasteiger partial charge is 0.496 e. The second kappa shape index (κ2) is 9.52. The normalized spacial score (nSPS) is 12.5. The second-order valence-electron chi connectivity index (χ2n) is 8.50. The van der Waals surface area contributed by atoms with Gasteiger partial charge in [-0.2, -0.15) is 13.2 Å². The number of aromatic amines is 1. The molecule has 3 aromatic heterocycles. The van der Waals surface area contributed by atoms with Crippen LogP contribution in [0.3, 0.4) is 0 Å². The van der Waals surface area contributed by atoms with Crippen LogP contribution in [0.1, 0.15) is 51.4 Å². The van der Waals surface area contributed by atoms with Gasteiger partial charge in [0.1, 0.15) is 5.75 Å². The molecule has 0 aliphatic heterocycles. The molecular formula is C26H25F3N4O3. The SMILES string of the molecule is COc1cc(C)[nH]c(=O)c1CNC(=O)c1c(C)n(C(C)c2ccncc2C(F)(F)F)c2ccccc12. The summed E-state index contributed by atoms with van der Waals surface area (Å²) in [6.07, 6.45) is -2.44. The number of ether oxygens (including phenoxy) is 1. The molecule has 1 atom stereocenters. The van der Waals surface area contributed by atoms with Crippen molar-refractivity contribution < 1.29 is 22.7 Å². The minimum Gasteiger partial charge on any atom is -0.496 e. The maximum absolute atomic E-state index is 13.7. The van der Waals surface area contributed by atoms with E-state index in [1.165, 1.54) is 19.4 Å². The molecule has 0 saturated carbocycles. The van der Waals surface area contributed by atoms with E-state index in [-0.39, 0.29) is 23.2 Å². The number of aryl methyl sites for hydroxylation is 1. The summed E-state index contributed by atoms with van der Waals surface area (Å²) in [5.74, 6) is -0.107. The summed E-state index contributed by atoms with van der Waals surface area (Å²) < 4.78 is 48.1. The Balaban J connectivity index is 1.76. The van der Waals surface area contributed by atoms with Gasteiger partial charge in [-0.25, -0.2) is 0 Å². The van der Waals surface area contributed by atoms with Crippen LogP contribution in [0.25, 0.3) is 10.9 Å². The number of fused-ring (bicyclic) bond motifs is 1. The van der Waals surface area contributed by atoms with E-state index in [1.54, 1.807) is 55.7 Å². The minimum atomic E-state index is -4.57. The Kier molecular flexibility index (Phi) is 6.62. The summed E-state index contributed by atoms with van der Waals surface area (Å²) in [6, 6.07) is 9.30. The molecule has 188 valence electrons. The Hall–Kier alpha value is -4.08. The number of aromatic nitrogens is 3. The number of halogens is 3. The number of carbonyl (C=O) groups excluding carboxylic acids is 1. The molecule has 0 bridgehead atoms. The first kappa shape index (κ1) is 25.0. The van der Waals surface area contributed by atoms with E-state index in [2.05, 4.69) is 15.3 Å². The van der Waals surface area contributed by atoms with Crippen molar-refractivity contribution in [3.8, 4) is 5.75 Å². The summed E-state index contributed by atoms with van der Waals surface area (Å²) >= 11 is 0. The van der Waals surface area contributed by atoms with E-state index in [4.69, 9.17) is 4.74 Å². The molecule has 2 N–H and O–H groups in total. The summed E-state index contributed by atoms with van der Waals surface area (Å²) in [5.41, 5.74) is 1.15. The summed E-state index contributed by atoms with van der Waals surface area (Å²) in [4.78, 5) is 32.1. The number of methoxy groups -OCH3 is 1. The zero-order chi connectivity index (χ0) is 26.2. The number of hydrogen-bond acceptors (Lipinski definition) is 4. The van der Waals surface area contributed by atoms with Crippen molar-refractivity contribution in [1.82, 2.24) is 19.9 Å². The van der Waals surface area contributed by atoms with Crippen LogP contribution in [0.5, 0.6) is 5.75 Å². The van der Waals surface area contributed by atoms with Crippen LogP contribution in [0.15, 0.2) is 53.6 Å². The second-order valence-corrected chi connectivity index (χ2v) is 8.50. The lowest BCUT2D eigenvalue weighted by Crippen LogP contribution is -2.28. The van der Waals surface area contributed by atoms with Gasteiger partial charge in [-0.3, -0.25) is 14.6 Å². The molecule has 0 aliphatic carbocycles. The predicted molar refractivity (Wildman–Crippen MR) is 129 cm³/mol. The van der Waals surface area contributed by atoms with E-state index < -0.39 is 23.7 Å². The summed E-state index contributed by atoms with van der Waals surface area (Å²) in [6.45, 7) is 4.98. The average Bonchev–Trinajstić information content (AvgIpc) is 3.13. The van der Waals surface area contributed by atoms with Gasteiger partial charge in [0, 0.05) is 34.7 Å². The number of pyridine rings is 2. The van der Waals surface area contributed by atoms with Gasteiger partial charge in [-0.05, 0) is 44.5 Å². The maximum atomic E-state index is 13.7. The molecular weight excluding hydrogens is 473 g/mol. The third-order valence-electron chi connectivity index (χ3n) is 6.26. The van der Waals surface area contributed by atoms with E-state index in [0.717, 1.165) is 6.20 Å². The highest BCUT2D eigenvalue weighted by atomic mass is 19.4. The Bertz CT molecular complexity index is 1500. The van der Waals surface area contributed by atoms with Crippen LogP contribution in [-0.4, -0.2) is 27.6 Å². The topological polar surface area (TPSA) is 89.0 Å². The number of H-pyrrole nitrogens is 1. The first-order chi connectivity index (χ1) is 17.0. The summed E-state index contributed by atoms with van der Waals surface area (Å²) in [5, 5.41) is 3.36. The molecule has 0 fully saturated rings. The number of nitrogens with one attached hydrogen (secondary N) is 2. The van der Waals surface area contributed by atoms with Crippen molar-refractivity contribution in [3.05, 3.63) is 92.8 Å². The number of alkyl halides is 3. The molecule has 3 heterocycles. The fourth-order valence-corrected chi connectivity index (χ4v) is 4.62. The fourth-order valence-electron chi connectivity index (χ4n) is 4.62. The number of amides is 1. The highest BCUT2D eigenvalue weighted by Gasteiger charge is 2.36. The standard InChI is InChI=1S/C26H25F3N4O3/c1-14-11-22(36-4)19(24(34)32-14)12-31-25(35)23-16(3)33(21-8-6-5-7-18(21)23)15(2)17-9-10-30-13-20(17)26(27,28)29/h5-11,13,15H,12H2,1-4H3,(H,31,35)(H,32,34). The molecule has 1 amide bonds. The molecule has 10 heteroatoms. The van der Waals surface area contributed by atoms with E-state index in [9.17, 15) is 22.8 Å². The zero-order valence-electron chi connectivity index (χ0n) is 20.2. The molecule has 4 aromatic rings. The first-order valence-electron chi connectivity index (χ1n) is 11.2. The highest BCUT2D eigenvalue weighted by Crippen LogP contribution is 2.38. The van der Waals surface area contributed by atoms with E-state index in [1.807, 2.05) is 0 Å². The minimum absolute atomic E-state index is 0.0456. The number of benzene rings is 1. The first-order valence-corrected chi connectivity index (χ1v) is 11.2. The van der Waals surface area contributed by atoms with Crippen LogP contribution in [0, 0.1) is 13.8 Å². The Labute approximate surface area is 204 Å². The van der Waals surface area contributed by atoms with Crippen LogP contribution in [-0.2, 0) is 12.7 Å². The van der Waals surface area contributed by atoms with Crippen LogP contribution < -0.4 is 15.6 Å². The van der Waals surface area contributed by atoms with Crippen LogP contribution in [0.4, 0.5) is 13.2 Å². The third kappa shape index (κ3) is 4.46. The van der Waals surface area contributed by atoms with Gasteiger partial charge in [0.2, 0.25) is 0 Å². The predicted octanol–water partition coefficient (Wildman–Crippen LogP) is 4.91. The monoisotopic (exact) mass is 498 g/mol. The Morgan fingerprint density at radius 2 is 1.94 bits per heavy atom. The number of nitrogens with zero attached hydrogens (tertiary/aromatic N) is 2. The Morgan fingerprint density at radius 3 is 2.64 bits per heavy atom.